The first kappa shape index (κ1) is 12.0. The van der Waals surface area contributed by atoms with Crippen LogP contribution in [0.25, 0.3) is 0 Å². The molecule has 0 unspecified atom stereocenters. The molecule has 0 aliphatic carbocycles. The molecule has 0 fully saturated rings. The van der Waals surface area contributed by atoms with Crippen molar-refractivity contribution in [3.63, 3.8) is 0 Å². The Kier molecular flexibility index (Phi) is 3.22. The summed E-state index contributed by atoms with van der Waals surface area (Å²) < 4.78 is 19.1. The highest BCUT2D eigenvalue weighted by Gasteiger charge is 2.11. The van der Waals surface area contributed by atoms with Crippen LogP contribution in [0.2, 0.25) is 0 Å². The van der Waals surface area contributed by atoms with Crippen molar-refractivity contribution in [2.45, 2.75) is 6.54 Å². The van der Waals surface area contributed by atoms with Crippen LogP contribution in [-0.4, -0.2) is 27.8 Å². The number of hydrogen-bond donors (Lipinski definition) is 1. The molecule has 1 heterocycles. The standard InChI is InChI=1S/C11H11FN4O2/c1-18-11(17)10-14-6-16(15-10)5-7-2-3-9(13)8(12)4-7/h2-4,6H,5,13H2,1H3. The molecule has 18 heavy (non-hydrogen) atoms. The number of ether oxygens (including phenoxy) is 1. The summed E-state index contributed by atoms with van der Waals surface area (Å²) in [7, 11) is 1.25. The number of esters is 1. The van der Waals surface area contributed by atoms with Crippen molar-refractivity contribution < 1.29 is 13.9 Å². The molecule has 2 N–H and O–H groups in total. The summed E-state index contributed by atoms with van der Waals surface area (Å²) in [5, 5.41) is 3.91. The maximum Gasteiger partial charge on any atom is 0.377 e. The van der Waals surface area contributed by atoms with Gasteiger partial charge in [-0.1, -0.05) is 6.07 Å². The predicted molar refractivity (Wildman–Crippen MR) is 61.3 cm³/mol. The van der Waals surface area contributed by atoms with E-state index in [1.54, 1.807) is 6.07 Å². The third-order valence-corrected chi connectivity index (χ3v) is 2.31. The van der Waals surface area contributed by atoms with E-state index in [2.05, 4.69) is 14.8 Å². The molecule has 0 bridgehead atoms. The van der Waals surface area contributed by atoms with Crippen molar-refractivity contribution in [3.05, 3.63) is 41.7 Å². The second kappa shape index (κ2) is 4.82. The molecule has 0 amide bonds. The number of benzene rings is 1. The van der Waals surface area contributed by atoms with E-state index in [0.717, 1.165) is 0 Å². The van der Waals surface area contributed by atoms with E-state index in [4.69, 9.17) is 5.73 Å². The van der Waals surface area contributed by atoms with Crippen molar-refractivity contribution in [2.24, 2.45) is 0 Å². The number of anilines is 1. The van der Waals surface area contributed by atoms with E-state index < -0.39 is 11.8 Å². The number of nitrogens with zero attached hydrogens (tertiary/aromatic N) is 3. The molecule has 6 nitrogen and oxygen atoms in total. The first-order chi connectivity index (χ1) is 8.60. The van der Waals surface area contributed by atoms with Gasteiger partial charge in [0.15, 0.2) is 0 Å². The number of rotatable bonds is 3. The van der Waals surface area contributed by atoms with Gasteiger partial charge in [0.25, 0.3) is 5.82 Å². The fourth-order valence-electron chi connectivity index (χ4n) is 1.41. The van der Waals surface area contributed by atoms with Crippen molar-refractivity contribution in [2.75, 3.05) is 12.8 Å². The molecule has 0 aliphatic heterocycles. The Morgan fingerprint density at radius 2 is 2.33 bits per heavy atom. The minimum absolute atomic E-state index is 0.0339. The average molecular weight is 250 g/mol. The SMILES string of the molecule is COC(=O)c1ncn(Cc2ccc(N)c(F)c2)n1. The quantitative estimate of drug-likeness (QED) is 0.644. The Bertz CT molecular complexity index is 582. The third kappa shape index (κ3) is 2.45. The molecule has 0 spiro atoms. The monoisotopic (exact) mass is 250 g/mol. The summed E-state index contributed by atoms with van der Waals surface area (Å²) in [4.78, 5) is 14.9. The lowest BCUT2D eigenvalue weighted by Gasteiger charge is -2.02. The second-order valence-corrected chi connectivity index (χ2v) is 3.61. The van der Waals surface area contributed by atoms with Crippen molar-refractivity contribution >= 4 is 11.7 Å². The van der Waals surface area contributed by atoms with E-state index >= 15 is 0 Å². The zero-order valence-corrected chi connectivity index (χ0v) is 9.63. The molecule has 1 aromatic heterocycles. The maximum absolute atomic E-state index is 13.2. The lowest BCUT2D eigenvalue weighted by atomic mass is 10.2. The number of nitrogens with two attached hydrogens (primary N) is 1. The van der Waals surface area contributed by atoms with E-state index in [1.807, 2.05) is 0 Å². The molecule has 0 saturated heterocycles. The minimum Gasteiger partial charge on any atom is -0.463 e. The lowest BCUT2D eigenvalue weighted by Crippen LogP contribution is -2.06. The normalized spacial score (nSPS) is 10.3. The molecule has 1 aromatic carbocycles. The summed E-state index contributed by atoms with van der Waals surface area (Å²) in [5.41, 5.74) is 6.13. The van der Waals surface area contributed by atoms with E-state index in [9.17, 15) is 9.18 Å². The maximum atomic E-state index is 13.2. The van der Waals surface area contributed by atoms with Gasteiger partial charge in [0.05, 0.1) is 19.3 Å². The highest BCUT2D eigenvalue weighted by Crippen LogP contribution is 2.12. The van der Waals surface area contributed by atoms with Gasteiger partial charge in [0.2, 0.25) is 0 Å². The summed E-state index contributed by atoms with van der Waals surface area (Å²) in [6.07, 6.45) is 1.38. The van der Waals surface area contributed by atoms with Crippen molar-refractivity contribution in [1.29, 1.82) is 0 Å². The van der Waals surface area contributed by atoms with Gasteiger partial charge in [0, 0.05) is 0 Å². The third-order valence-electron chi connectivity index (χ3n) is 2.31. The molecule has 7 heteroatoms. The molecule has 0 atom stereocenters. The van der Waals surface area contributed by atoms with E-state index in [-0.39, 0.29) is 11.5 Å². The van der Waals surface area contributed by atoms with Gasteiger partial charge in [-0.05, 0) is 17.7 Å². The summed E-state index contributed by atoms with van der Waals surface area (Å²) in [5.74, 6) is -1.13. The van der Waals surface area contributed by atoms with Crippen LogP contribution in [0.3, 0.4) is 0 Å². The highest BCUT2D eigenvalue weighted by molar-refractivity contribution is 5.84. The van der Waals surface area contributed by atoms with Crippen LogP contribution in [0, 0.1) is 5.82 Å². The van der Waals surface area contributed by atoms with Gasteiger partial charge in [0.1, 0.15) is 12.1 Å². The van der Waals surface area contributed by atoms with Gasteiger partial charge < -0.3 is 10.5 Å². The largest absolute Gasteiger partial charge is 0.463 e. The van der Waals surface area contributed by atoms with Crippen LogP contribution in [0.1, 0.15) is 16.2 Å². The first-order valence-electron chi connectivity index (χ1n) is 5.12. The van der Waals surface area contributed by atoms with Gasteiger partial charge in [-0.3, -0.25) is 0 Å². The number of nitrogen functional groups attached to an aromatic ring is 1. The molecule has 0 aliphatic rings. The van der Waals surface area contributed by atoms with Crippen molar-refractivity contribution in [1.82, 2.24) is 14.8 Å². The van der Waals surface area contributed by atoms with Crippen LogP contribution >= 0.6 is 0 Å². The molecule has 2 rings (SSSR count). The first-order valence-corrected chi connectivity index (χ1v) is 5.12. The summed E-state index contributed by atoms with van der Waals surface area (Å²) >= 11 is 0. The Morgan fingerprint density at radius 1 is 1.56 bits per heavy atom. The topological polar surface area (TPSA) is 83.0 Å². The Labute approximate surface area is 102 Å². The molecule has 0 saturated carbocycles. The number of aromatic nitrogens is 3. The number of methoxy groups -OCH3 is 1. The molecular weight excluding hydrogens is 239 g/mol. The van der Waals surface area contributed by atoms with Gasteiger partial charge in [-0.25, -0.2) is 18.9 Å². The number of carbonyl (C=O) groups excluding carboxylic acids is 1. The Balaban J connectivity index is 2.16. The van der Waals surface area contributed by atoms with E-state index in [1.165, 1.54) is 30.3 Å². The van der Waals surface area contributed by atoms with Crippen LogP contribution in [0.5, 0.6) is 0 Å². The number of hydrogen-bond acceptors (Lipinski definition) is 5. The van der Waals surface area contributed by atoms with E-state index in [0.29, 0.717) is 12.1 Å². The second-order valence-electron chi connectivity index (χ2n) is 3.61. The smallest absolute Gasteiger partial charge is 0.377 e. The van der Waals surface area contributed by atoms with Crippen molar-refractivity contribution in [3.8, 4) is 0 Å². The fourth-order valence-corrected chi connectivity index (χ4v) is 1.41. The summed E-state index contributed by atoms with van der Waals surface area (Å²) in [6.45, 7) is 0.293. The van der Waals surface area contributed by atoms with Crippen LogP contribution in [0.4, 0.5) is 10.1 Å². The van der Waals surface area contributed by atoms with Gasteiger partial charge in [-0.15, -0.1) is 5.10 Å². The highest BCUT2D eigenvalue weighted by atomic mass is 19.1. The Hall–Kier alpha value is -2.44. The molecule has 94 valence electrons. The molecular formula is C11H11FN4O2. The number of carbonyl (C=O) groups is 1. The van der Waals surface area contributed by atoms with Crippen LogP contribution in [0.15, 0.2) is 24.5 Å². The number of halogens is 1. The van der Waals surface area contributed by atoms with Crippen LogP contribution < -0.4 is 5.73 Å². The average Bonchev–Trinajstić information content (AvgIpc) is 2.81. The fraction of sp³-hybridized carbons (Fsp3) is 0.182. The van der Waals surface area contributed by atoms with Gasteiger partial charge >= 0.3 is 5.97 Å². The molecule has 0 radical (unpaired) electrons. The molecule has 2 aromatic rings. The van der Waals surface area contributed by atoms with Crippen LogP contribution in [-0.2, 0) is 11.3 Å². The zero-order chi connectivity index (χ0) is 13.1. The Morgan fingerprint density at radius 3 is 3.00 bits per heavy atom. The zero-order valence-electron chi connectivity index (χ0n) is 9.63. The predicted octanol–water partition coefficient (Wildman–Crippen LogP) is 0.834. The minimum atomic E-state index is -0.614. The lowest BCUT2D eigenvalue weighted by molar-refractivity contribution is 0.0586. The summed E-state index contributed by atoms with van der Waals surface area (Å²) in [6, 6.07) is 4.47. The van der Waals surface area contributed by atoms with Gasteiger partial charge in [-0.2, -0.15) is 0 Å².